The number of nitrogens with zero attached hydrogens (tertiary/aromatic N) is 1. The van der Waals surface area contributed by atoms with Crippen LogP contribution in [0.3, 0.4) is 0 Å². The van der Waals surface area contributed by atoms with Crippen molar-refractivity contribution >= 4 is 17.9 Å². The molecule has 1 heterocycles. The normalized spacial score (nSPS) is 18.7. The molecule has 0 aromatic heterocycles. The second-order valence-corrected chi connectivity index (χ2v) is 10.7. The highest BCUT2D eigenvalue weighted by atomic mass is 16.1. The summed E-state index contributed by atoms with van der Waals surface area (Å²) in [7, 11) is 0. The highest BCUT2D eigenvalue weighted by Crippen LogP contribution is 2.26. The molecule has 0 unspecified atom stereocenters. The molecule has 0 atom stereocenters. The lowest BCUT2D eigenvalue weighted by Gasteiger charge is -2.28. The van der Waals surface area contributed by atoms with Crippen molar-refractivity contribution in [3.05, 3.63) is 81.9 Å². The maximum atomic E-state index is 13.3. The van der Waals surface area contributed by atoms with Crippen molar-refractivity contribution in [3.63, 3.8) is 0 Å². The van der Waals surface area contributed by atoms with E-state index in [4.69, 9.17) is 0 Å². The molecule has 2 nitrogen and oxygen atoms in total. The van der Waals surface area contributed by atoms with Crippen LogP contribution < -0.4 is 0 Å². The molecule has 0 radical (unpaired) electrons. The fourth-order valence-electron chi connectivity index (χ4n) is 3.89. The number of likely N-dealkylation sites (tertiary alicyclic amines) is 1. The molecule has 1 aliphatic heterocycles. The van der Waals surface area contributed by atoms with Gasteiger partial charge >= 0.3 is 0 Å². The summed E-state index contributed by atoms with van der Waals surface area (Å²) >= 11 is 0. The van der Waals surface area contributed by atoms with Crippen LogP contribution >= 0.6 is 0 Å². The zero-order valence-electron chi connectivity index (χ0n) is 20.3. The molecular formula is C29H37NO. The molecule has 2 aromatic carbocycles. The number of hydrogen-bond donors (Lipinski definition) is 0. The van der Waals surface area contributed by atoms with Gasteiger partial charge in [0.25, 0.3) is 0 Å². The van der Waals surface area contributed by atoms with Crippen LogP contribution in [-0.4, -0.2) is 30.3 Å². The van der Waals surface area contributed by atoms with Gasteiger partial charge in [-0.3, -0.25) is 9.69 Å². The van der Waals surface area contributed by atoms with Crippen molar-refractivity contribution in [1.29, 1.82) is 0 Å². The highest BCUT2D eigenvalue weighted by Gasteiger charge is 2.25. The summed E-state index contributed by atoms with van der Waals surface area (Å²) in [5.74, 6) is 0.171. The molecule has 3 rings (SSSR count). The molecule has 2 heteroatoms. The molecule has 1 aliphatic rings. The topological polar surface area (TPSA) is 20.3 Å². The van der Waals surface area contributed by atoms with E-state index in [1.54, 1.807) is 0 Å². The number of rotatable bonds is 3. The van der Waals surface area contributed by atoms with E-state index >= 15 is 0 Å². The first-order chi connectivity index (χ1) is 14.5. The first-order valence-corrected chi connectivity index (χ1v) is 11.4. The number of carbonyl (C=O) groups excluding carboxylic acids is 1. The van der Waals surface area contributed by atoms with E-state index in [0.717, 1.165) is 28.8 Å². The lowest BCUT2D eigenvalue weighted by Crippen LogP contribution is -2.37. The predicted molar refractivity (Wildman–Crippen MR) is 133 cm³/mol. The number of likely N-dealkylation sites (N-methyl/N-ethyl adjacent to an activating group) is 1. The molecule has 0 N–H and O–H groups in total. The molecule has 1 saturated heterocycles. The molecule has 164 valence electrons. The zero-order valence-corrected chi connectivity index (χ0v) is 20.3. The standard InChI is InChI=1S/C29H37NO/c1-8-30-19-23(17-21-9-13-25(14-10-21)28(2,3)4)27(31)24(20-30)18-22-11-15-26(16-12-22)29(5,6)7/h9-18H,8,19-20H2,1-7H3/b23-17-,24-18+. The second-order valence-electron chi connectivity index (χ2n) is 10.7. The Labute approximate surface area is 188 Å². The molecule has 31 heavy (non-hydrogen) atoms. The van der Waals surface area contributed by atoms with Gasteiger partial charge in [0.05, 0.1) is 0 Å². The number of Topliss-reactive ketones (excluding diaryl/α,β-unsaturated/α-hetero) is 1. The van der Waals surface area contributed by atoms with Crippen LogP contribution in [0.25, 0.3) is 12.2 Å². The van der Waals surface area contributed by atoms with Gasteiger partial charge in [-0.1, -0.05) is 97.0 Å². The molecule has 0 saturated carbocycles. The van der Waals surface area contributed by atoms with E-state index in [0.29, 0.717) is 13.1 Å². The third kappa shape index (κ3) is 5.83. The third-order valence-corrected chi connectivity index (χ3v) is 6.05. The Bertz CT molecular complexity index is 898. The number of piperidine rings is 1. The van der Waals surface area contributed by atoms with Crippen molar-refractivity contribution < 1.29 is 4.79 Å². The Balaban J connectivity index is 1.89. The molecule has 2 aromatic rings. The fraction of sp³-hybridized carbons (Fsp3) is 0.414. The largest absolute Gasteiger partial charge is 0.295 e. The SMILES string of the molecule is CCN1C/C(=C/c2ccc(C(C)(C)C)cc2)C(=O)/C(=C/c2ccc(C(C)(C)C)cc2)C1. The van der Waals surface area contributed by atoms with E-state index < -0.39 is 0 Å². The van der Waals surface area contributed by atoms with Crippen molar-refractivity contribution in [2.24, 2.45) is 0 Å². The van der Waals surface area contributed by atoms with E-state index in [9.17, 15) is 4.79 Å². The van der Waals surface area contributed by atoms with Gasteiger partial charge in [0.2, 0.25) is 0 Å². The summed E-state index contributed by atoms with van der Waals surface area (Å²) in [5, 5.41) is 0. The smallest absolute Gasteiger partial charge is 0.187 e. The van der Waals surface area contributed by atoms with Crippen molar-refractivity contribution in [1.82, 2.24) is 4.90 Å². The number of ketones is 1. The lowest BCUT2D eigenvalue weighted by atomic mass is 9.86. The third-order valence-electron chi connectivity index (χ3n) is 6.05. The van der Waals surface area contributed by atoms with Gasteiger partial charge in [-0.05, 0) is 51.8 Å². The quantitative estimate of drug-likeness (QED) is 0.523. The molecule has 0 spiro atoms. The molecule has 0 aliphatic carbocycles. The van der Waals surface area contributed by atoms with Gasteiger partial charge in [0.1, 0.15) is 0 Å². The van der Waals surface area contributed by atoms with E-state index in [-0.39, 0.29) is 16.6 Å². The minimum Gasteiger partial charge on any atom is -0.295 e. The summed E-state index contributed by atoms with van der Waals surface area (Å²) in [4.78, 5) is 15.6. The van der Waals surface area contributed by atoms with Crippen LogP contribution in [-0.2, 0) is 15.6 Å². The average molecular weight is 416 g/mol. The Hall–Kier alpha value is -2.45. The van der Waals surface area contributed by atoms with Gasteiger partial charge in [-0.25, -0.2) is 0 Å². The highest BCUT2D eigenvalue weighted by molar-refractivity contribution is 6.14. The average Bonchev–Trinajstić information content (AvgIpc) is 2.70. The monoisotopic (exact) mass is 415 g/mol. The van der Waals surface area contributed by atoms with Crippen LogP contribution in [0.4, 0.5) is 0 Å². The summed E-state index contributed by atoms with van der Waals surface area (Å²) in [6.07, 6.45) is 4.13. The minimum atomic E-state index is 0.129. The van der Waals surface area contributed by atoms with Gasteiger partial charge in [-0.2, -0.15) is 0 Å². The number of carbonyl (C=O) groups is 1. The van der Waals surface area contributed by atoms with Crippen LogP contribution in [0.1, 0.15) is 70.7 Å². The van der Waals surface area contributed by atoms with E-state index in [1.807, 2.05) is 0 Å². The van der Waals surface area contributed by atoms with Crippen LogP contribution in [0.5, 0.6) is 0 Å². The first kappa shape index (κ1) is 23.2. The van der Waals surface area contributed by atoms with Gasteiger partial charge in [0, 0.05) is 24.2 Å². The minimum absolute atomic E-state index is 0.129. The van der Waals surface area contributed by atoms with Crippen LogP contribution in [0.2, 0.25) is 0 Å². The van der Waals surface area contributed by atoms with Crippen molar-refractivity contribution in [3.8, 4) is 0 Å². The Kier molecular flexibility index (Phi) is 6.71. The fourth-order valence-corrected chi connectivity index (χ4v) is 3.89. The summed E-state index contributed by atoms with van der Waals surface area (Å²) in [5.41, 5.74) is 6.78. The van der Waals surface area contributed by atoms with Crippen LogP contribution in [0, 0.1) is 0 Å². The van der Waals surface area contributed by atoms with E-state index in [1.165, 1.54) is 11.1 Å². The Morgan fingerprint density at radius 3 is 1.35 bits per heavy atom. The predicted octanol–water partition coefficient (Wildman–Crippen LogP) is 6.65. The summed E-state index contributed by atoms with van der Waals surface area (Å²) < 4.78 is 0. The zero-order chi connectivity index (χ0) is 22.8. The lowest BCUT2D eigenvalue weighted by molar-refractivity contribution is -0.113. The van der Waals surface area contributed by atoms with Crippen LogP contribution in [0.15, 0.2) is 59.7 Å². The van der Waals surface area contributed by atoms with Gasteiger partial charge in [0.15, 0.2) is 5.78 Å². The maximum Gasteiger partial charge on any atom is 0.187 e. The second kappa shape index (κ2) is 8.96. The number of benzene rings is 2. The Morgan fingerprint density at radius 1 is 0.710 bits per heavy atom. The number of hydrogen-bond acceptors (Lipinski definition) is 2. The van der Waals surface area contributed by atoms with E-state index in [2.05, 4.69) is 114 Å². The molecule has 0 bridgehead atoms. The molecule has 1 fully saturated rings. The first-order valence-electron chi connectivity index (χ1n) is 11.4. The molecule has 0 amide bonds. The maximum absolute atomic E-state index is 13.3. The van der Waals surface area contributed by atoms with Crippen molar-refractivity contribution in [2.45, 2.75) is 59.3 Å². The molecular weight excluding hydrogens is 378 g/mol. The van der Waals surface area contributed by atoms with Gasteiger partial charge in [-0.15, -0.1) is 0 Å². The van der Waals surface area contributed by atoms with Gasteiger partial charge < -0.3 is 0 Å². The summed E-state index contributed by atoms with van der Waals surface area (Å²) in [6.45, 7) is 17.8. The summed E-state index contributed by atoms with van der Waals surface area (Å²) in [6, 6.07) is 17.2. The Morgan fingerprint density at radius 2 is 1.06 bits per heavy atom. The van der Waals surface area contributed by atoms with Crippen molar-refractivity contribution in [2.75, 3.05) is 19.6 Å².